The normalized spacial score (nSPS) is 11.4. The van der Waals surface area contributed by atoms with Gasteiger partial charge in [-0.1, -0.05) is 31.8 Å². The minimum Gasteiger partial charge on any atom is -0.496 e. The van der Waals surface area contributed by atoms with Crippen LogP contribution in [0.2, 0.25) is 25.7 Å². The van der Waals surface area contributed by atoms with E-state index in [0.717, 1.165) is 24.5 Å². The second-order valence-corrected chi connectivity index (χ2v) is 11.5. The van der Waals surface area contributed by atoms with Crippen LogP contribution < -0.4 is 4.74 Å². The summed E-state index contributed by atoms with van der Waals surface area (Å²) in [5.41, 5.74) is 1.50. The topological polar surface area (TPSA) is 44.8 Å². The minimum absolute atomic E-state index is 0.281. The second-order valence-electron chi connectivity index (χ2n) is 5.87. The van der Waals surface area contributed by atoms with E-state index in [-0.39, 0.29) is 6.79 Å². The highest BCUT2D eigenvalue weighted by Gasteiger charge is 2.12. The van der Waals surface area contributed by atoms with Crippen molar-refractivity contribution >= 4 is 14.4 Å². The quantitative estimate of drug-likeness (QED) is 0.303. The van der Waals surface area contributed by atoms with Gasteiger partial charge in [0.25, 0.3) is 0 Å². The summed E-state index contributed by atoms with van der Waals surface area (Å²) in [5, 5.41) is 0. The molecule has 0 aliphatic rings. The van der Waals surface area contributed by atoms with Crippen molar-refractivity contribution in [2.75, 3.05) is 20.5 Å². The summed E-state index contributed by atoms with van der Waals surface area (Å²) in [4.78, 5) is 10.7. The molecule has 1 rings (SSSR count). The van der Waals surface area contributed by atoms with Crippen LogP contribution in [0, 0.1) is 0 Å². The van der Waals surface area contributed by atoms with Crippen molar-refractivity contribution in [1.82, 2.24) is 0 Å². The maximum Gasteiger partial charge on any atom is 0.150 e. The van der Waals surface area contributed by atoms with E-state index in [1.54, 1.807) is 19.2 Å². The van der Waals surface area contributed by atoms with E-state index in [2.05, 4.69) is 19.6 Å². The molecule has 1 aromatic rings. The average molecular weight is 296 g/mol. The third-order valence-electron chi connectivity index (χ3n) is 2.87. The second kappa shape index (κ2) is 8.19. The van der Waals surface area contributed by atoms with Crippen LogP contribution in [0.1, 0.15) is 15.9 Å². The molecule has 0 amide bonds. The molecule has 0 heterocycles. The number of rotatable bonds is 9. The Bertz CT molecular complexity index is 426. The Kier molecular flexibility index (Phi) is 6.91. The molecule has 0 aromatic heterocycles. The van der Waals surface area contributed by atoms with Gasteiger partial charge in [0.2, 0.25) is 0 Å². The first-order valence-electron chi connectivity index (χ1n) is 6.74. The first-order chi connectivity index (χ1) is 9.46. The highest BCUT2D eigenvalue weighted by molar-refractivity contribution is 6.76. The van der Waals surface area contributed by atoms with Crippen LogP contribution in [0.4, 0.5) is 0 Å². The van der Waals surface area contributed by atoms with Gasteiger partial charge < -0.3 is 14.2 Å². The Morgan fingerprint density at radius 3 is 2.55 bits per heavy atom. The highest BCUT2D eigenvalue weighted by atomic mass is 28.3. The maximum absolute atomic E-state index is 10.7. The zero-order valence-electron chi connectivity index (χ0n) is 12.8. The van der Waals surface area contributed by atoms with Gasteiger partial charge >= 0.3 is 0 Å². The predicted molar refractivity (Wildman–Crippen MR) is 82.1 cm³/mol. The summed E-state index contributed by atoms with van der Waals surface area (Å²) in [7, 11) is 0.541. The molecule has 0 aliphatic heterocycles. The summed E-state index contributed by atoms with van der Waals surface area (Å²) in [6.45, 7) is 8.39. The number of carbonyl (C=O) groups excluding carboxylic acids is 1. The molecule has 1 aromatic carbocycles. The largest absolute Gasteiger partial charge is 0.496 e. The molecule has 0 radical (unpaired) electrons. The Balaban J connectivity index is 2.33. The van der Waals surface area contributed by atoms with Gasteiger partial charge in [-0.15, -0.1) is 0 Å². The summed E-state index contributed by atoms with van der Waals surface area (Å²) in [6.07, 6.45) is 0.798. The molecule has 112 valence electrons. The zero-order valence-corrected chi connectivity index (χ0v) is 13.8. The number of aldehydes is 1. The van der Waals surface area contributed by atoms with Gasteiger partial charge in [-0.05, 0) is 12.1 Å². The lowest BCUT2D eigenvalue weighted by Crippen LogP contribution is -2.22. The van der Waals surface area contributed by atoms with Crippen molar-refractivity contribution in [3.63, 3.8) is 0 Å². The number of benzene rings is 1. The van der Waals surface area contributed by atoms with Gasteiger partial charge in [0.1, 0.15) is 18.8 Å². The van der Waals surface area contributed by atoms with Crippen LogP contribution in [0.15, 0.2) is 18.2 Å². The third-order valence-corrected chi connectivity index (χ3v) is 4.57. The van der Waals surface area contributed by atoms with Gasteiger partial charge in [-0.2, -0.15) is 0 Å². The molecule has 20 heavy (non-hydrogen) atoms. The summed E-state index contributed by atoms with van der Waals surface area (Å²) < 4.78 is 16.2. The van der Waals surface area contributed by atoms with Gasteiger partial charge in [0.05, 0.1) is 13.7 Å². The van der Waals surface area contributed by atoms with Gasteiger partial charge in [-0.3, -0.25) is 4.79 Å². The molecule has 0 N–H and O–H groups in total. The maximum atomic E-state index is 10.7. The highest BCUT2D eigenvalue weighted by Crippen LogP contribution is 2.20. The molecule has 5 heteroatoms. The van der Waals surface area contributed by atoms with Gasteiger partial charge in [0, 0.05) is 25.8 Å². The molecule has 0 aliphatic carbocycles. The molecule has 0 saturated carbocycles. The first kappa shape index (κ1) is 16.9. The van der Waals surface area contributed by atoms with E-state index in [1.165, 1.54) is 0 Å². The predicted octanol–water partition coefficient (Wildman–Crippen LogP) is 3.34. The summed E-state index contributed by atoms with van der Waals surface area (Å²) in [5.74, 6) is 0.664. The van der Waals surface area contributed by atoms with Crippen LogP contribution in [0.25, 0.3) is 0 Å². The monoisotopic (exact) mass is 296 g/mol. The van der Waals surface area contributed by atoms with Crippen LogP contribution >= 0.6 is 0 Å². The SMILES string of the molecule is COc1cc(C=O)ccc1COCOCC[Si](C)(C)C. The molecule has 0 atom stereocenters. The number of carbonyl (C=O) groups is 1. The molecular formula is C15H24O4Si. The number of hydrogen-bond donors (Lipinski definition) is 0. The third kappa shape index (κ3) is 6.32. The standard InChI is InChI=1S/C15H24O4Si/c1-17-15-9-13(10-16)5-6-14(15)11-19-12-18-7-8-20(2,3)4/h5-6,9-10H,7-8,11-12H2,1-4H3. The Labute approximate surface area is 122 Å². The van der Waals surface area contributed by atoms with E-state index in [4.69, 9.17) is 14.2 Å². The summed E-state index contributed by atoms with van der Waals surface area (Å²) >= 11 is 0. The molecule has 0 unspecified atom stereocenters. The van der Waals surface area contributed by atoms with Crippen molar-refractivity contribution in [2.24, 2.45) is 0 Å². The minimum atomic E-state index is -1.04. The van der Waals surface area contributed by atoms with E-state index in [1.807, 2.05) is 6.07 Å². The van der Waals surface area contributed by atoms with Crippen molar-refractivity contribution in [3.8, 4) is 5.75 Å². The Morgan fingerprint density at radius 1 is 1.20 bits per heavy atom. The fraction of sp³-hybridized carbons (Fsp3) is 0.533. The fourth-order valence-electron chi connectivity index (χ4n) is 1.60. The molecular weight excluding hydrogens is 272 g/mol. The lowest BCUT2D eigenvalue weighted by molar-refractivity contribution is -0.0577. The van der Waals surface area contributed by atoms with Crippen LogP contribution in [0.3, 0.4) is 0 Å². The summed E-state index contributed by atoms with van der Waals surface area (Å²) in [6, 6.07) is 6.43. The van der Waals surface area contributed by atoms with Crippen LogP contribution in [-0.2, 0) is 16.1 Å². The molecule has 0 fully saturated rings. The van der Waals surface area contributed by atoms with Gasteiger partial charge in [0.15, 0.2) is 0 Å². The van der Waals surface area contributed by atoms with E-state index >= 15 is 0 Å². The number of methoxy groups -OCH3 is 1. The van der Waals surface area contributed by atoms with Crippen molar-refractivity contribution in [3.05, 3.63) is 29.3 Å². The van der Waals surface area contributed by atoms with Crippen molar-refractivity contribution in [2.45, 2.75) is 32.3 Å². The smallest absolute Gasteiger partial charge is 0.150 e. The molecule has 4 nitrogen and oxygen atoms in total. The average Bonchev–Trinajstić information content (AvgIpc) is 2.41. The van der Waals surface area contributed by atoms with Gasteiger partial charge in [-0.25, -0.2) is 0 Å². The molecule has 0 spiro atoms. The fourth-order valence-corrected chi connectivity index (χ4v) is 2.36. The van der Waals surface area contributed by atoms with E-state index in [9.17, 15) is 4.79 Å². The Hall–Kier alpha value is -1.17. The molecule has 0 bridgehead atoms. The lowest BCUT2D eigenvalue weighted by Gasteiger charge is -2.15. The van der Waals surface area contributed by atoms with Crippen molar-refractivity contribution in [1.29, 1.82) is 0 Å². The van der Waals surface area contributed by atoms with E-state index in [0.29, 0.717) is 17.9 Å². The van der Waals surface area contributed by atoms with Crippen LogP contribution in [-0.4, -0.2) is 34.9 Å². The van der Waals surface area contributed by atoms with Crippen molar-refractivity contribution < 1.29 is 19.0 Å². The van der Waals surface area contributed by atoms with Crippen LogP contribution in [0.5, 0.6) is 5.75 Å². The lowest BCUT2D eigenvalue weighted by atomic mass is 10.1. The van der Waals surface area contributed by atoms with E-state index < -0.39 is 8.07 Å². The number of hydrogen-bond acceptors (Lipinski definition) is 4. The zero-order chi connectivity index (χ0) is 15.0. The molecule has 0 saturated heterocycles. The number of ether oxygens (including phenoxy) is 3. The Morgan fingerprint density at radius 2 is 1.95 bits per heavy atom. The first-order valence-corrected chi connectivity index (χ1v) is 10.4.